The lowest BCUT2D eigenvalue weighted by molar-refractivity contribution is 0.120. The second-order valence-corrected chi connectivity index (χ2v) is 9.92. The van der Waals surface area contributed by atoms with E-state index < -0.39 is 35.9 Å². The fourth-order valence-electron chi connectivity index (χ4n) is 5.35. The first-order chi connectivity index (χ1) is 18.9. The van der Waals surface area contributed by atoms with Gasteiger partial charge in [0.15, 0.2) is 11.6 Å². The minimum atomic E-state index is -1.07. The molecule has 0 radical (unpaired) electrons. The monoisotopic (exact) mass is 541 g/mol. The number of benzene rings is 2. The van der Waals surface area contributed by atoms with E-state index in [1.54, 1.807) is 23.3 Å². The Balaban J connectivity index is 1.16. The van der Waals surface area contributed by atoms with Crippen molar-refractivity contribution in [3.05, 3.63) is 89.8 Å². The van der Waals surface area contributed by atoms with Gasteiger partial charge in [-0.3, -0.25) is 0 Å². The lowest BCUT2D eigenvalue weighted by atomic mass is 9.89. The van der Waals surface area contributed by atoms with Crippen LogP contribution < -0.4 is 5.32 Å². The molecule has 5 rings (SSSR count). The fourth-order valence-corrected chi connectivity index (χ4v) is 5.35. The molecule has 1 N–H and O–H groups in total. The molecule has 206 valence electrons. The normalized spacial score (nSPS) is 20.3. The predicted molar refractivity (Wildman–Crippen MR) is 136 cm³/mol. The van der Waals surface area contributed by atoms with E-state index in [0.717, 1.165) is 55.1 Å². The third kappa shape index (κ3) is 6.25. The maximum Gasteiger partial charge on any atom is 0.419 e. The quantitative estimate of drug-likeness (QED) is 0.413. The molecule has 0 saturated carbocycles. The summed E-state index contributed by atoms with van der Waals surface area (Å²) in [5.74, 6) is -1.92. The molecule has 2 fully saturated rings. The van der Waals surface area contributed by atoms with Gasteiger partial charge >= 0.3 is 12.1 Å². The summed E-state index contributed by atoms with van der Waals surface area (Å²) in [6.45, 7) is 3.10. The molecule has 2 aromatic carbocycles. The lowest BCUT2D eigenvalue weighted by Gasteiger charge is -2.32. The number of nitrogens with one attached hydrogen (secondary N) is 1. The summed E-state index contributed by atoms with van der Waals surface area (Å²) in [7, 11) is 0. The zero-order valence-electron chi connectivity index (χ0n) is 21.3. The molecule has 0 unspecified atom stereocenters. The van der Waals surface area contributed by atoms with Crippen molar-refractivity contribution < 1.29 is 27.5 Å². The predicted octanol–water partition coefficient (Wildman–Crippen LogP) is 4.84. The van der Waals surface area contributed by atoms with Crippen LogP contribution in [-0.4, -0.2) is 63.8 Å². The van der Waals surface area contributed by atoms with Crippen LogP contribution in [0.5, 0.6) is 0 Å². The number of ether oxygens (including phenoxy) is 1. The van der Waals surface area contributed by atoms with Crippen molar-refractivity contribution in [2.75, 3.05) is 26.2 Å². The Morgan fingerprint density at radius 1 is 1.03 bits per heavy atom. The number of imide groups is 1. The summed E-state index contributed by atoms with van der Waals surface area (Å²) < 4.78 is 48.1. The van der Waals surface area contributed by atoms with Crippen LogP contribution in [0.2, 0.25) is 0 Å². The maximum atomic E-state index is 14.1. The summed E-state index contributed by atoms with van der Waals surface area (Å²) in [6.07, 6.45) is 5.75. The number of imidazole rings is 1. The molecule has 1 aromatic heterocycles. The third-order valence-corrected chi connectivity index (χ3v) is 7.39. The van der Waals surface area contributed by atoms with E-state index in [-0.39, 0.29) is 17.9 Å². The Labute approximate surface area is 224 Å². The zero-order valence-corrected chi connectivity index (χ0v) is 21.3. The molecule has 3 aromatic rings. The number of hydrogen-bond donors (Lipinski definition) is 1. The SMILES string of the molecule is O=C(NCCCN1CCC(c2ccc(F)cc2)CC1)N1C(=O)O[C@H](Cn2ccnc2)[C@@H]1c1ccc(F)c(F)c1. The molecule has 2 saturated heterocycles. The molecule has 0 bridgehead atoms. The Hall–Kier alpha value is -3.86. The summed E-state index contributed by atoms with van der Waals surface area (Å²) in [5.41, 5.74) is 1.41. The number of rotatable bonds is 8. The molecule has 0 aliphatic carbocycles. The van der Waals surface area contributed by atoms with Crippen LogP contribution in [0.15, 0.2) is 61.2 Å². The van der Waals surface area contributed by atoms with Gasteiger partial charge in [-0.1, -0.05) is 18.2 Å². The zero-order chi connectivity index (χ0) is 27.4. The van der Waals surface area contributed by atoms with Crippen molar-refractivity contribution in [2.45, 2.75) is 43.9 Å². The van der Waals surface area contributed by atoms with E-state index in [1.165, 1.54) is 18.2 Å². The number of likely N-dealkylation sites (tertiary alicyclic amines) is 1. The first-order valence-electron chi connectivity index (χ1n) is 13.0. The molecular weight excluding hydrogens is 511 g/mol. The summed E-state index contributed by atoms with van der Waals surface area (Å²) in [5, 5.41) is 2.78. The van der Waals surface area contributed by atoms with E-state index in [0.29, 0.717) is 18.9 Å². The number of piperidine rings is 1. The van der Waals surface area contributed by atoms with Gasteiger partial charge in [-0.15, -0.1) is 0 Å². The van der Waals surface area contributed by atoms with Gasteiger partial charge in [0, 0.05) is 18.9 Å². The van der Waals surface area contributed by atoms with E-state index in [2.05, 4.69) is 15.2 Å². The highest BCUT2D eigenvalue weighted by atomic mass is 19.2. The summed E-state index contributed by atoms with van der Waals surface area (Å²) >= 11 is 0. The Morgan fingerprint density at radius 3 is 2.46 bits per heavy atom. The first-order valence-corrected chi connectivity index (χ1v) is 13.0. The van der Waals surface area contributed by atoms with Gasteiger partial charge < -0.3 is 19.5 Å². The number of urea groups is 1. The van der Waals surface area contributed by atoms with Crippen molar-refractivity contribution in [1.82, 2.24) is 24.7 Å². The van der Waals surface area contributed by atoms with Gasteiger partial charge in [0.25, 0.3) is 0 Å². The largest absolute Gasteiger partial charge is 0.441 e. The van der Waals surface area contributed by atoms with Crippen molar-refractivity contribution >= 4 is 12.1 Å². The van der Waals surface area contributed by atoms with Gasteiger partial charge in [-0.25, -0.2) is 32.6 Å². The van der Waals surface area contributed by atoms with E-state index in [4.69, 9.17) is 4.74 Å². The molecule has 8 nitrogen and oxygen atoms in total. The molecule has 3 heterocycles. The molecule has 2 aliphatic heterocycles. The molecule has 3 amide bonds. The van der Waals surface area contributed by atoms with Crippen LogP contribution >= 0.6 is 0 Å². The highest BCUT2D eigenvalue weighted by Crippen LogP contribution is 2.35. The second kappa shape index (κ2) is 11.9. The Kier molecular flexibility index (Phi) is 8.16. The second-order valence-electron chi connectivity index (χ2n) is 9.92. The van der Waals surface area contributed by atoms with Gasteiger partial charge in [0.05, 0.1) is 12.9 Å². The first kappa shape index (κ1) is 26.7. The Bertz CT molecular complexity index is 1280. The minimum Gasteiger partial charge on any atom is -0.441 e. The highest BCUT2D eigenvalue weighted by molar-refractivity contribution is 5.93. The van der Waals surface area contributed by atoms with E-state index in [9.17, 15) is 22.8 Å². The molecule has 39 heavy (non-hydrogen) atoms. The molecule has 11 heteroatoms. The lowest BCUT2D eigenvalue weighted by Crippen LogP contribution is -2.44. The molecule has 2 atom stereocenters. The van der Waals surface area contributed by atoms with Crippen molar-refractivity contribution in [3.63, 3.8) is 0 Å². The smallest absolute Gasteiger partial charge is 0.419 e. The van der Waals surface area contributed by atoms with Crippen LogP contribution in [-0.2, 0) is 11.3 Å². The summed E-state index contributed by atoms with van der Waals surface area (Å²) in [6, 6.07) is 8.40. The number of cyclic esters (lactones) is 1. The molecular formula is C28H30F3N5O3. The average Bonchev–Trinajstić information content (AvgIpc) is 3.56. The van der Waals surface area contributed by atoms with Crippen molar-refractivity contribution in [2.24, 2.45) is 0 Å². The fraction of sp³-hybridized carbons (Fsp3) is 0.393. The van der Waals surface area contributed by atoms with Crippen molar-refractivity contribution in [3.8, 4) is 0 Å². The average molecular weight is 542 g/mol. The maximum absolute atomic E-state index is 14.1. The van der Waals surface area contributed by atoms with Gasteiger partial charge in [-0.05, 0) is 80.2 Å². The number of halogens is 3. The van der Waals surface area contributed by atoms with Crippen LogP contribution in [0.1, 0.15) is 42.3 Å². The molecule has 2 aliphatic rings. The number of amides is 3. The van der Waals surface area contributed by atoms with Crippen LogP contribution in [0.25, 0.3) is 0 Å². The van der Waals surface area contributed by atoms with Gasteiger partial charge in [0.1, 0.15) is 18.0 Å². The van der Waals surface area contributed by atoms with E-state index in [1.807, 2.05) is 12.1 Å². The minimum absolute atomic E-state index is 0.188. The Morgan fingerprint density at radius 2 is 1.77 bits per heavy atom. The summed E-state index contributed by atoms with van der Waals surface area (Å²) in [4.78, 5) is 33.1. The number of carbonyl (C=O) groups excluding carboxylic acids is 2. The van der Waals surface area contributed by atoms with E-state index >= 15 is 0 Å². The van der Waals surface area contributed by atoms with Crippen LogP contribution in [0, 0.1) is 17.5 Å². The van der Waals surface area contributed by atoms with Crippen LogP contribution in [0.3, 0.4) is 0 Å². The van der Waals surface area contributed by atoms with Gasteiger partial charge in [0.2, 0.25) is 0 Å². The standard InChI is InChI=1S/C28H30F3N5O3/c29-22-5-2-19(3-6-22)20-8-13-34(14-9-20)12-1-10-33-27(37)36-26(21-4-7-23(30)24(31)16-21)25(39-28(36)38)17-35-15-11-32-18-35/h2-7,11,15-16,18,20,25-26H,1,8-10,12-14,17H2,(H,33,37)/t25-,26+/m1/s1. The topological polar surface area (TPSA) is 79.7 Å². The third-order valence-electron chi connectivity index (χ3n) is 7.39. The number of aromatic nitrogens is 2. The van der Waals surface area contributed by atoms with Crippen LogP contribution in [0.4, 0.5) is 22.8 Å². The number of nitrogens with zero attached hydrogens (tertiary/aromatic N) is 4. The van der Waals surface area contributed by atoms with Gasteiger partial charge in [-0.2, -0.15) is 0 Å². The highest BCUT2D eigenvalue weighted by Gasteiger charge is 2.46. The molecule has 0 spiro atoms. The van der Waals surface area contributed by atoms with Crippen molar-refractivity contribution in [1.29, 1.82) is 0 Å². The number of carbonyl (C=O) groups is 2. The number of hydrogen-bond acceptors (Lipinski definition) is 5.